The van der Waals surface area contributed by atoms with Gasteiger partial charge in [-0.15, -0.1) is 0 Å². The molecule has 6 rings (SSSR count). The van der Waals surface area contributed by atoms with Gasteiger partial charge in [-0.3, -0.25) is 10.1 Å². The summed E-state index contributed by atoms with van der Waals surface area (Å²) in [4.78, 5) is 24.8. The van der Waals surface area contributed by atoms with Crippen molar-refractivity contribution >= 4 is 33.9 Å². The number of rotatable bonds is 6. The summed E-state index contributed by atoms with van der Waals surface area (Å²) in [6.45, 7) is 4.65. The van der Waals surface area contributed by atoms with Gasteiger partial charge >= 0.3 is 0 Å². The van der Waals surface area contributed by atoms with E-state index in [-0.39, 0.29) is 24.0 Å². The van der Waals surface area contributed by atoms with Crippen molar-refractivity contribution in [2.45, 2.75) is 26.9 Å². The van der Waals surface area contributed by atoms with Crippen LogP contribution in [0.15, 0.2) is 42.7 Å². The van der Waals surface area contributed by atoms with Crippen molar-refractivity contribution in [1.82, 2.24) is 19.4 Å². The van der Waals surface area contributed by atoms with Gasteiger partial charge in [0.05, 0.1) is 40.1 Å². The minimum atomic E-state index is -0.357. The molecule has 2 aliphatic heterocycles. The minimum absolute atomic E-state index is 0. The van der Waals surface area contributed by atoms with Gasteiger partial charge in [-0.1, -0.05) is 19.6 Å². The van der Waals surface area contributed by atoms with Crippen molar-refractivity contribution in [3.63, 3.8) is 0 Å². The number of nitro benzene ring substituents is 1. The van der Waals surface area contributed by atoms with Gasteiger partial charge in [-0.2, -0.15) is 5.26 Å². The van der Waals surface area contributed by atoms with Crippen molar-refractivity contribution < 1.29 is 9.66 Å². The van der Waals surface area contributed by atoms with Crippen LogP contribution in [-0.2, 0) is 6.54 Å². The van der Waals surface area contributed by atoms with Crippen LogP contribution >= 0.6 is 0 Å². The first-order chi connectivity index (χ1) is 18.3. The number of nitro groups is 1. The highest BCUT2D eigenvalue weighted by molar-refractivity contribution is 5.99. The molecule has 11 nitrogen and oxygen atoms in total. The number of hydrogen-bond donors (Lipinski definition) is 1. The molecule has 1 fully saturated rings. The average Bonchev–Trinajstić information content (AvgIpc) is 3.24. The Morgan fingerprint density at radius 1 is 1.28 bits per heavy atom. The molecule has 0 atom stereocenters. The van der Waals surface area contributed by atoms with Crippen molar-refractivity contribution in [3.05, 3.63) is 64.0 Å². The maximum absolute atomic E-state index is 12.0. The molecule has 200 valence electrons. The normalized spacial score (nSPS) is 14.4. The van der Waals surface area contributed by atoms with E-state index in [0.717, 1.165) is 40.9 Å². The molecule has 0 bridgehead atoms. The monoisotopic (exact) mass is 526 g/mol. The molecule has 0 saturated carbocycles. The average molecular weight is 527 g/mol. The van der Waals surface area contributed by atoms with Crippen LogP contribution in [0.4, 0.5) is 23.0 Å². The number of ether oxygens (including phenoxy) is 1. The highest BCUT2D eigenvalue weighted by Crippen LogP contribution is 2.39. The summed E-state index contributed by atoms with van der Waals surface area (Å²) in [5, 5.41) is 25.9. The molecule has 0 aliphatic carbocycles. The van der Waals surface area contributed by atoms with E-state index in [0.29, 0.717) is 41.8 Å². The zero-order chi connectivity index (χ0) is 26.6. The Labute approximate surface area is 226 Å². The fraction of sp³-hybridized carbons (Fsp3) is 0.321. The van der Waals surface area contributed by atoms with Gasteiger partial charge in [0.15, 0.2) is 0 Å². The lowest BCUT2D eigenvalue weighted by Crippen LogP contribution is -2.57. The Hall–Kier alpha value is -4.69. The summed E-state index contributed by atoms with van der Waals surface area (Å²) < 4.78 is 7.93. The summed E-state index contributed by atoms with van der Waals surface area (Å²) in [5.41, 5.74) is 4.61. The van der Waals surface area contributed by atoms with Crippen LogP contribution in [0.25, 0.3) is 22.2 Å². The van der Waals surface area contributed by atoms with Crippen molar-refractivity contribution in [2.75, 3.05) is 44.0 Å². The first-order valence-corrected chi connectivity index (χ1v) is 12.3. The maximum atomic E-state index is 12.0. The molecule has 1 N–H and O–H groups in total. The van der Waals surface area contributed by atoms with Crippen LogP contribution in [0.5, 0.6) is 5.75 Å². The number of anilines is 3. The second kappa shape index (κ2) is 9.89. The first kappa shape index (κ1) is 25.9. The molecule has 0 amide bonds. The number of benzene rings is 2. The second-order valence-corrected chi connectivity index (χ2v) is 9.87. The number of aromatic nitrogens is 3. The van der Waals surface area contributed by atoms with Crippen molar-refractivity contribution in [2.24, 2.45) is 0 Å². The van der Waals surface area contributed by atoms with Gasteiger partial charge in [-0.05, 0) is 38.7 Å². The fourth-order valence-electron chi connectivity index (χ4n) is 5.11. The molecule has 4 heterocycles. The van der Waals surface area contributed by atoms with Gasteiger partial charge in [0.25, 0.3) is 5.69 Å². The van der Waals surface area contributed by atoms with E-state index in [9.17, 15) is 15.4 Å². The molecule has 0 unspecified atom stereocenters. The van der Waals surface area contributed by atoms with Gasteiger partial charge in [0, 0.05) is 42.3 Å². The van der Waals surface area contributed by atoms with E-state index in [1.165, 1.54) is 12.3 Å². The third-order valence-electron chi connectivity index (χ3n) is 7.31. The zero-order valence-electron chi connectivity index (χ0n) is 21.3. The standard InChI is InChI=1S/C27H26N8O3.CH4/c1-16-9-22(34-13-18(14-34)32(2)3)23(35(36)37)10-21(16)30-27-29-12-17(11-28)25(31-27)20-15-33-7-8-38-24-6-4-5-19(20)26(24)33;/h4-6,9-10,12,15,18H,7-8,13-14H2,1-3H3,(H,29,30,31);1H4. The lowest BCUT2D eigenvalue weighted by atomic mass is 10.0. The Balaban J connectivity index is 0.00000308. The summed E-state index contributed by atoms with van der Waals surface area (Å²) in [6, 6.07) is 11.8. The predicted molar refractivity (Wildman–Crippen MR) is 151 cm³/mol. The van der Waals surface area contributed by atoms with E-state index in [1.54, 1.807) is 0 Å². The minimum Gasteiger partial charge on any atom is -0.490 e. The molecule has 39 heavy (non-hydrogen) atoms. The van der Waals surface area contributed by atoms with Crippen LogP contribution in [0.2, 0.25) is 0 Å². The lowest BCUT2D eigenvalue weighted by molar-refractivity contribution is -0.384. The van der Waals surface area contributed by atoms with E-state index in [1.807, 2.05) is 56.4 Å². The Kier molecular flexibility index (Phi) is 6.57. The van der Waals surface area contributed by atoms with Crippen LogP contribution < -0.4 is 15.0 Å². The zero-order valence-corrected chi connectivity index (χ0v) is 21.3. The quantitative estimate of drug-likeness (QED) is 0.281. The van der Waals surface area contributed by atoms with Gasteiger partial charge in [0.2, 0.25) is 5.95 Å². The van der Waals surface area contributed by atoms with E-state index < -0.39 is 0 Å². The lowest BCUT2D eigenvalue weighted by Gasteiger charge is -2.44. The molecular formula is C28H30N8O3. The first-order valence-electron chi connectivity index (χ1n) is 12.3. The number of para-hydroxylation sites is 1. The number of nitrogens with one attached hydrogen (secondary N) is 1. The van der Waals surface area contributed by atoms with Crippen LogP contribution in [0, 0.1) is 28.4 Å². The second-order valence-electron chi connectivity index (χ2n) is 9.87. The summed E-state index contributed by atoms with van der Waals surface area (Å²) in [5.74, 6) is 1.05. The molecule has 2 aromatic carbocycles. The summed E-state index contributed by atoms with van der Waals surface area (Å²) in [6.07, 6.45) is 3.47. The van der Waals surface area contributed by atoms with Gasteiger partial charge in [-0.25, -0.2) is 9.97 Å². The summed E-state index contributed by atoms with van der Waals surface area (Å²) in [7, 11) is 4.02. The van der Waals surface area contributed by atoms with E-state index >= 15 is 0 Å². The molecule has 1 saturated heterocycles. The molecule has 2 aliphatic rings. The van der Waals surface area contributed by atoms with Crippen LogP contribution in [0.1, 0.15) is 18.6 Å². The Morgan fingerprint density at radius 2 is 2.08 bits per heavy atom. The van der Waals surface area contributed by atoms with E-state index in [2.05, 4.69) is 25.8 Å². The van der Waals surface area contributed by atoms with Crippen LogP contribution in [0.3, 0.4) is 0 Å². The molecule has 4 aromatic rings. The number of hydrogen-bond acceptors (Lipinski definition) is 9. The third kappa shape index (κ3) is 4.38. The maximum Gasteiger partial charge on any atom is 0.294 e. The Bertz CT molecular complexity index is 1630. The molecule has 11 heteroatoms. The van der Waals surface area contributed by atoms with Gasteiger partial charge in [0.1, 0.15) is 24.1 Å². The molecule has 0 spiro atoms. The van der Waals surface area contributed by atoms with Crippen LogP contribution in [-0.4, -0.2) is 64.2 Å². The highest BCUT2D eigenvalue weighted by Gasteiger charge is 2.33. The van der Waals surface area contributed by atoms with E-state index in [4.69, 9.17) is 9.72 Å². The third-order valence-corrected chi connectivity index (χ3v) is 7.31. The Morgan fingerprint density at radius 3 is 2.79 bits per heavy atom. The number of nitrogens with zero attached hydrogens (tertiary/aromatic N) is 7. The molecular weight excluding hydrogens is 496 g/mol. The fourth-order valence-corrected chi connectivity index (χ4v) is 5.11. The molecule has 2 aromatic heterocycles. The highest BCUT2D eigenvalue weighted by atomic mass is 16.6. The number of nitriles is 1. The topological polar surface area (TPSA) is 125 Å². The van der Waals surface area contributed by atoms with Crippen molar-refractivity contribution in [3.8, 4) is 23.1 Å². The SMILES string of the molecule is C.Cc1cc(N2CC(N(C)C)C2)c([N+](=O)[O-])cc1Nc1ncc(C#N)c(-c2cn3c4c(cccc24)OCC3)n1. The van der Waals surface area contributed by atoms with Crippen molar-refractivity contribution in [1.29, 1.82) is 5.26 Å². The molecule has 0 radical (unpaired) electrons. The number of aryl methyl sites for hydroxylation is 1. The largest absolute Gasteiger partial charge is 0.490 e. The predicted octanol–water partition coefficient (Wildman–Crippen LogP) is 4.71. The smallest absolute Gasteiger partial charge is 0.294 e. The number of likely N-dealkylation sites (N-methyl/N-ethyl adjacent to an activating group) is 1. The van der Waals surface area contributed by atoms with Gasteiger partial charge < -0.3 is 24.4 Å². The summed E-state index contributed by atoms with van der Waals surface area (Å²) >= 11 is 0.